The van der Waals surface area contributed by atoms with Crippen LogP contribution in [-0.2, 0) is 26.2 Å². The Morgan fingerprint density at radius 1 is 0.949 bits per heavy atom. The van der Waals surface area contributed by atoms with Gasteiger partial charge in [-0.1, -0.05) is 55.0 Å². The highest BCUT2D eigenvalue weighted by atomic mass is 32.2. The highest BCUT2D eigenvalue weighted by Gasteiger charge is 2.33. The Hall–Kier alpha value is -3.85. The molecule has 3 aromatic rings. The number of methoxy groups -OCH3 is 1. The summed E-state index contributed by atoms with van der Waals surface area (Å²) in [6, 6.07) is 19.9. The van der Waals surface area contributed by atoms with Crippen molar-refractivity contribution in [2.75, 3.05) is 24.5 Å². The van der Waals surface area contributed by atoms with Crippen molar-refractivity contribution < 1.29 is 22.7 Å². The van der Waals surface area contributed by atoms with Gasteiger partial charge in [-0.15, -0.1) is 0 Å². The van der Waals surface area contributed by atoms with Crippen LogP contribution in [0.25, 0.3) is 0 Å². The van der Waals surface area contributed by atoms with E-state index in [1.165, 1.54) is 24.1 Å². The van der Waals surface area contributed by atoms with Gasteiger partial charge in [-0.2, -0.15) is 0 Å². The second-order valence-corrected chi connectivity index (χ2v) is 11.2. The SMILES string of the molecule is CCNC(=O)[C@@H](CC)N(Cc1ccccc1C)C(=O)CN(c1cccc(OC)c1)S(=O)(=O)c1ccc(C)cc1. The van der Waals surface area contributed by atoms with Gasteiger partial charge < -0.3 is 15.0 Å². The number of aryl methyl sites for hydroxylation is 2. The summed E-state index contributed by atoms with van der Waals surface area (Å²) in [7, 11) is -2.65. The van der Waals surface area contributed by atoms with Crippen molar-refractivity contribution in [2.45, 2.75) is 51.6 Å². The number of ether oxygens (including phenoxy) is 1. The third-order valence-corrected chi connectivity index (χ3v) is 8.36. The van der Waals surface area contributed by atoms with Crippen LogP contribution >= 0.6 is 0 Å². The normalized spacial score (nSPS) is 11.9. The summed E-state index contributed by atoms with van der Waals surface area (Å²) < 4.78 is 34.3. The summed E-state index contributed by atoms with van der Waals surface area (Å²) in [5.41, 5.74) is 3.04. The van der Waals surface area contributed by atoms with Crippen molar-refractivity contribution in [3.63, 3.8) is 0 Å². The van der Waals surface area contributed by atoms with Crippen molar-refractivity contribution in [1.29, 1.82) is 0 Å². The summed E-state index contributed by atoms with van der Waals surface area (Å²) in [5, 5.41) is 2.81. The standard InChI is InChI=1S/C30H37N3O5S/c1-6-28(30(35)31-7-2)32(20-24-12-9-8-11-23(24)4)29(34)21-33(25-13-10-14-26(19-25)38-5)39(36,37)27-17-15-22(3)16-18-27/h8-19,28H,6-7,20-21H2,1-5H3,(H,31,35)/t28-/m1/s1. The molecule has 9 heteroatoms. The van der Waals surface area contributed by atoms with Gasteiger partial charge in [0.05, 0.1) is 17.7 Å². The number of amides is 2. The number of hydrogen-bond acceptors (Lipinski definition) is 5. The summed E-state index contributed by atoms with van der Waals surface area (Å²) in [4.78, 5) is 28.6. The lowest BCUT2D eigenvalue weighted by Gasteiger charge is -2.33. The molecule has 0 saturated heterocycles. The zero-order valence-electron chi connectivity index (χ0n) is 23.2. The van der Waals surface area contributed by atoms with E-state index in [1.54, 1.807) is 36.4 Å². The molecule has 39 heavy (non-hydrogen) atoms. The van der Waals surface area contributed by atoms with Gasteiger partial charge in [0.15, 0.2) is 0 Å². The molecule has 0 saturated carbocycles. The molecule has 208 valence electrons. The van der Waals surface area contributed by atoms with Crippen LogP contribution in [0.3, 0.4) is 0 Å². The van der Waals surface area contributed by atoms with Gasteiger partial charge in [0.1, 0.15) is 18.3 Å². The molecule has 0 heterocycles. The van der Waals surface area contributed by atoms with Crippen molar-refractivity contribution in [2.24, 2.45) is 0 Å². The van der Waals surface area contributed by atoms with Crippen LogP contribution in [-0.4, -0.2) is 51.4 Å². The second-order valence-electron chi connectivity index (χ2n) is 9.29. The minimum atomic E-state index is -4.14. The molecule has 0 aliphatic heterocycles. The molecule has 8 nitrogen and oxygen atoms in total. The molecule has 0 radical (unpaired) electrons. The van der Waals surface area contributed by atoms with Crippen LogP contribution in [0.1, 0.15) is 37.0 Å². The van der Waals surface area contributed by atoms with Gasteiger partial charge >= 0.3 is 0 Å². The fourth-order valence-corrected chi connectivity index (χ4v) is 5.72. The lowest BCUT2D eigenvalue weighted by Crippen LogP contribution is -2.52. The van der Waals surface area contributed by atoms with E-state index in [4.69, 9.17) is 4.74 Å². The maximum Gasteiger partial charge on any atom is 0.264 e. The molecule has 0 bridgehead atoms. The Kier molecular flexibility index (Phi) is 10.1. The van der Waals surface area contributed by atoms with Crippen molar-refractivity contribution in [3.05, 3.63) is 89.5 Å². The van der Waals surface area contributed by atoms with Gasteiger partial charge in [0.2, 0.25) is 11.8 Å². The first-order chi connectivity index (χ1) is 18.6. The number of likely N-dealkylation sites (N-methyl/N-ethyl adjacent to an activating group) is 1. The Balaban J connectivity index is 2.09. The first-order valence-corrected chi connectivity index (χ1v) is 14.4. The number of nitrogens with zero attached hydrogens (tertiary/aromatic N) is 2. The van der Waals surface area contributed by atoms with E-state index >= 15 is 0 Å². The van der Waals surface area contributed by atoms with Crippen LogP contribution in [0.2, 0.25) is 0 Å². The van der Waals surface area contributed by atoms with E-state index in [2.05, 4.69) is 5.32 Å². The summed E-state index contributed by atoms with van der Waals surface area (Å²) in [6.45, 7) is 7.55. The molecule has 1 atom stereocenters. The van der Waals surface area contributed by atoms with E-state index in [9.17, 15) is 18.0 Å². The first kappa shape index (κ1) is 29.7. The fourth-order valence-electron chi connectivity index (χ4n) is 4.31. The molecule has 0 unspecified atom stereocenters. The Morgan fingerprint density at radius 3 is 2.26 bits per heavy atom. The molecule has 0 aromatic heterocycles. The monoisotopic (exact) mass is 551 g/mol. The van der Waals surface area contributed by atoms with Gasteiger partial charge in [-0.3, -0.25) is 13.9 Å². The van der Waals surface area contributed by atoms with Crippen molar-refractivity contribution >= 4 is 27.5 Å². The fraction of sp³-hybridized carbons (Fsp3) is 0.333. The number of benzene rings is 3. The number of carbonyl (C=O) groups is 2. The van der Waals surface area contributed by atoms with Crippen molar-refractivity contribution in [3.8, 4) is 5.75 Å². The summed E-state index contributed by atoms with van der Waals surface area (Å²) in [5.74, 6) is -0.319. The summed E-state index contributed by atoms with van der Waals surface area (Å²) in [6.07, 6.45) is 0.368. The zero-order valence-corrected chi connectivity index (χ0v) is 24.0. The van der Waals surface area contributed by atoms with Gasteiger partial charge in [-0.05, 0) is 62.6 Å². The molecule has 3 rings (SSSR count). The topological polar surface area (TPSA) is 96.0 Å². The number of carbonyl (C=O) groups excluding carboxylic acids is 2. The maximum atomic E-state index is 14.0. The minimum absolute atomic E-state index is 0.0601. The molecule has 0 aliphatic carbocycles. The second kappa shape index (κ2) is 13.3. The van der Waals surface area contributed by atoms with E-state index in [1.807, 2.05) is 52.0 Å². The average Bonchev–Trinajstić information content (AvgIpc) is 2.92. The van der Waals surface area contributed by atoms with Crippen LogP contribution in [0.4, 0.5) is 5.69 Å². The minimum Gasteiger partial charge on any atom is -0.497 e. The Morgan fingerprint density at radius 2 is 1.64 bits per heavy atom. The molecule has 0 aliphatic rings. The van der Waals surface area contributed by atoms with E-state index in [0.29, 0.717) is 18.7 Å². The summed E-state index contributed by atoms with van der Waals surface area (Å²) >= 11 is 0. The number of sulfonamides is 1. The number of nitrogens with one attached hydrogen (secondary N) is 1. The molecular weight excluding hydrogens is 514 g/mol. The zero-order chi connectivity index (χ0) is 28.6. The highest BCUT2D eigenvalue weighted by Crippen LogP contribution is 2.28. The van der Waals surface area contributed by atoms with Crippen LogP contribution in [0.15, 0.2) is 77.7 Å². The predicted octanol–water partition coefficient (Wildman–Crippen LogP) is 4.45. The third kappa shape index (κ3) is 7.17. The van der Waals surface area contributed by atoms with E-state index < -0.39 is 28.5 Å². The smallest absolute Gasteiger partial charge is 0.264 e. The van der Waals surface area contributed by atoms with E-state index in [-0.39, 0.29) is 23.0 Å². The first-order valence-electron chi connectivity index (χ1n) is 13.0. The van der Waals surface area contributed by atoms with Crippen LogP contribution < -0.4 is 14.4 Å². The van der Waals surface area contributed by atoms with E-state index in [0.717, 1.165) is 21.0 Å². The highest BCUT2D eigenvalue weighted by molar-refractivity contribution is 7.92. The average molecular weight is 552 g/mol. The molecule has 1 N–H and O–H groups in total. The predicted molar refractivity (Wildman–Crippen MR) is 153 cm³/mol. The molecule has 2 amide bonds. The quantitative estimate of drug-likeness (QED) is 0.359. The largest absolute Gasteiger partial charge is 0.497 e. The van der Waals surface area contributed by atoms with Gasteiger partial charge in [0.25, 0.3) is 10.0 Å². The molecule has 0 fully saturated rings. The van der Waals surface area contributed by atoms with Gasteiger partial charge in [0, 0.05) is 19.2 Å². The molecular formula is C30H37N3O5S. The maximum absolute atomic E-state index is 14.0. The van der Waals surface area contributed by atoms with Gasteiger partial charge in [-0.25, -0.2) is 8.42 Å². The van der Waals surface area contributed by atoms with Crippen LogP contribution in [0, 0.1) is 13.8 Å². The third-order valence-electron chi connectivity index (χ3n) is 6.57. The Bertz CT molecular complexity index is 1390. The molecule has 3 aromatic carbocycles. The molecule has 0 spiro atoms. The Labute approximate surface area is 231 Å². The van der Waals surface area contributed by atoms with Crippen molar-refractivity contribution in [1.82, 2.24) is 10.2 Å². The number of anilines is 1. The number of rotatable bonds is 12. The lowest BCUT2D eigenvalue weighted by molar-refractivity contribution is -0.140. The lowest BCUT2D eigenvalue weighted by atomic mass is 10.1. The number of hydrogen-bond donors (Lipinski definition) is 1. The van der Waals surface area contributed by atoms with Crippen LogP contribution in [0.5, 0.6) is 5.75 Å².